The molecule has 2 aromatic rings. The number of nitrogens with zero attached hydrogens (tertiary/aromatic N) is 1. The molecule has 0 aliphatic carbocycles. The maximum atomic E-state index is 12.1. The standard InChI is InChI=1S/C17H23N5O/c1-11(2)10-19-15-14(9-18)16(23)22-17(21-15)20-12(3)13-7-5-4-6-8-13/h4-9,11-12,18H,10H2,1-3H3,(H3,19,20,21,22,23). The minimum absolute atomic E-state index is 0.00290. The van der Waals surface area contributed by atoms with Gasteiger partial charge < -0.3 is 16.0 Å². The van der Waals surface area contributed by atoms with Gasteiger partial charge in [-0.05, 0) is 18.4 Å². The first-order chi connectivity index (χ1) is 11.0. The van der Waals surface area contributed by atoms with Crippen molar-refractivity contribution in [2.45, 2.75) is 26.8 Å². The summed E-state index contributed by atoms with van der Waals surface area (Å²) in [6, 6.07) is 9.93. The van der Waals surface area contributed by atoms with E-state index in [0.717, 1.165) is 11.8 Å². The normalized spacial score (nSPS) is 12.0. The Bertz CT molecular complexity index is 709. The molecule has 0 radical (unpaired) electrons. The number of nitrogens with one attached hydrogen (secondary N) is 4. The third-order valence-corrected chi connectivity index (χ3v) is 3.43. The lowest BCUT2D eigenvalue weighted by molar-refractivity contribution is 0.686. The summed E-state index contributed by atoms with van der Waals surface area (Å²) in [5.41, 5.74) is 1.01. The minimum Gasteiger partial charge on any atom is -0.369 e. The van der Waals surface area contributed by atoms with Crippen molar-refractivity contribution in [2.75, 3.05) is 17.2 Å². The molecule has 23 heavy (non-hydrogen) atoms. The SMILES string of the molecule is CC(C)CNc1nc(NC(C)c2ccccc2)[nH]c(=O)c1C=N. The van der Waals surface area contributed by atoms with Crippen LogP contribution in [-0.4, -0.2) is 22.7 Å². The van der Waals surface area contributed by atoms with Crippen molar-refractivity contribution in [3.63, 3.8) is 0 Å². The van der Waals surface area contributed by atoms with Crippen LogP contribution in [-0.2, 0) is 0 Å². The molecule has 122 valence electrons. The first-order valence-electron chi connectivity index (χ1n) is 7.71. The predicted molar refractivity (Wildman–Crippen MR) is 94.6 cm³/mol. The van der Waals surface area contributed by atoms with Crippen molar-refractivity contribution >= 4 is 18.0 Å². The highest BCUT2D eigenvalue weighted by atomic mass is 16.1. The molecule has 0 spiro atoms. The van der Waals surface area contributed by atoms with Gasteiger partial charge in [0.15, 0.2) is 0 Å². The molecule has 0 aliphatic rings. The molecule has 0 bridgehead atoms. The van der Waals surface area contributed by atoms with E-state index in [0.29, 0.717) is 24.2 Å². The van der Waals surface area contributed by atoms with Crippen LogP contribution >= 0.6 is 0 Å². The van der Waals surface area contributed by atoms with Crippen LogP contribution in [0.5, 0.6) is 0 Å². The predicted octanol–water partition coefficient (Wildman–Crippen LogP) is 3.01. The van der Waals surface area contributed by atoms with Crippen molar-refractivity contribution in [3.05, 3.63) is 51.8 Å². The number of hydrogen-bond donors (Lipinski definition) is 4. The largest absolute Gasteiger partial charge is 0.369 e. The summed E-state index contributed by atoms with van der Waals surface area (Å²) in [5, 5.41) is 13.7. The van der Waals surface area contributed by atoms with Gasteiger partial charge >= 0.3 is 0 Å². The van der Waals surface area contributed by atoms with Crippen molar-refractivity contribution in [2.24, 2.45) is 5.92 Å². The van der Waals surface area contributed by atoms with Gasteiger partial charge in [-0.15, -0.1) is 0 Å². The molecule has 0 amide bonds. The average Bonchev–Trinajstić information content (AvgIpc) is 2.53. The first kappa shape index (κ1) is 16.7. The zero-order valence-electron chi connectivity index (χ0n) is 13.7. The van der Waals surface area contributed by atoms with Gasteiger partial charge in [0.05, 0.1) is 11.6 Å². The van der Waals surface area contributed by atoms with Gasteiger partial charge in [0, 0.05) is 12.8 Å². The Morgan fingerprint density at radius 3 is 2.57 bits per heavy atom. The maximum Gasteiger partial charge on any atom is 0.263 e. The summed E-state index contributed by atoms with van der Waals surface area (Å²) in [7, 11) is 0. The third-order valence-electron chi connectivity index (χ3n) is 3.43. The van der Waals surface area contributed by atoms with Crippen LogP contribution in [0.1, 0.15) is 37.9 Å². The highest BCUT2D eigenvalue weighted by molar-refractivity contribution is 5.83. The molecule has 1 atom stereocenters. The second-order valence-corrected chi connectivity index (χ2v) is 5.87. The highest BCUT2D eigenvalue weighted by Crippen LogP contribution is 2.17. The summed E-state index contributed by atoms with van der Waals surface area (Å²) in [4.78, 5) is 19.2. The van der Waals surface area contributed by atoms with Crippen LogP contribution in [0.4, 0.5) is 11.8 Å². The smallest absolute Gasteiger partial charge is 0.263 e. The molecule has 1 aromatic carbocycles. The van der Waals surface area contributed by atoms with E-state index in [4.69, 9.17) is 5.41 Å². The molecule has 1 heterocycles. The Labute approximate surface area is 135 Å². The number of aromatic nitrogens is 2. The fourth-order valence-electron chi connectivity index (χ4n) is 2.15. The lowest BCUT2D eigenvalue weighted by Gasteiger charge is -2.16. The zero-order chi connectivity index (χ0) is 16.8. The molecule has 6 heteroatoms. The van der Waals surface area contributed by atoms with Crippen LogP contribution in [0, 0.1) is 11.3 Å². The Morgan fingerprint density at radius 1 is 1.26 bits per heavy atom. The summed E-state index contributed by atoms with van der Waals surface area (Å²) in [6.07, 6.45) is 1.03. The number of hydrogen-bond acceptors (Lipinski definition) is 5. The monoisotopic (exact) mass is 313 g/mol. The third kappa shape index (κ3) is 4.42. The first-order valence-corrected chi connectivity index (χ1v) is 7.71. The summed E-state index contributed by atoms with van der Waals surface area (Å²) in [5.74, 6) is 1.23. The Balaban J connectivity index is 2.25. The molecule has 1 unspecified atom stereocenters. The fourth-order valence-corrected chi connectivity index (χ4v) is 2.15. The summed E-state index contributed by atoms with van der Waals surface area (Å²) >= 11 is 0. The van der Waals surface area contributed by atoms with E-state index in [2.05, 4.69) is 34.4 Å². The van der Waals surface area contributed by atoms with E-state index in [1.54, 1.807) is 0 Å². The molecule has 6 nitrogen and oxygen atoms in total. The summed E-state index contributed by atoms with van der Waals surface area (Å²) in [6.45, 7) is 6.83. The van der Waals surface area contributed by atoms with Gasteiger partial charge in [-0.1, -0.05) is 44.2 Å². The van der Waals surface area contributed by atoms with Crippen LogP contribution in [0.15, 0.2) is 35.1 Å². The fraction of sp³-hybridized carbons (Fsp3) is 0.353. The number of benzene rings is 1. The van der Waals surface area contributed by atoms with E-state index in [1.807, 2.05) is 37.3 Å². The number of aromatic amines is 1. The van der Waals surface area contributed by atoms with Gasteiger partial charge in [0.25, 0.3) is 5.56 Å². The molecular formula is C17H23N5O. The molecule has 0 saturated heterocycles. The molecular weight excluding hydrogens is 290 g/mol. The van der Waals surface area contributed by atoms with Crippen LogP contribution in [0.2, 0.25) is 0 Å². The lowest BCUT2D eigenvalue weighted by atomic mass is 10.1. The van der Waals surface area contributed by atoms with Gasteiger partial charge in [-0.3, -0.25) is 9.78 Å². The lowest BCUT2D eigenvalue weighted by Crippen LogP contribution is -2.22. The van der Waals surface area contributed by atoms with Gasteiger partial charge in [0.2, 0.25) is 5.95 Å². The van der Waals surface area contributed by atoms with Crippen molar-refractivity contribution in [1.29, 1.82) is 5.41 Å². The number of anilines is 2. The maximum absolute atomic E-state index is 12.1. The van der Waals surface area contributed by atoms with Gasteiger partial charge in [0.1, 0.15) is 5.82 Å². The molecule has 0 saturated carbocycles. The molecule has 1 aromatic heterocycles. The van der Waals surface area contributed by atoms with E-state index in [9.17, 15) is 4.79 Å². The van der Waals surface area contributed by atoms with Crippen LogP contribution in [0.3, 0.4) is 0 Å². The summed E-state index contributed by atoms with van der Waals surface area (Å²) < 4.78 is 0. The van der Waals surface area contributed by atoms with Crippen LogP contribution in [0.25, 0.3) is 0 Å². The quantitative estimate of drug-likeness (QED) is 0.591. The Kier molecular flexibility index (Phi) is 5.51. The minimum atomic E-state index is -0.330. The van der Waals surface area contributed by atoms with E-state index < -0.39 is 0 Å². The van der Waals surface area contributed by atoms with Crippen molar-refractivity contribution in [3.8, 4) is 0 Å². The molecule has 0 aliphatic heterocycles. The van der Waals surface area contributed by atoms with Crippen molar-refractivity contribution in [1.82, 2.24) is 9.97 Å². The number of H-pyrrole nitrogens is 1. The van der Waals surface area contributed by atoms with Crippen molar-refractivity contribution < 1.29 is 0 Å². The Morgan fingerprint density at radius 2 is 1.96 bits per heavy atom. The van der Waals surface area contributed by atoms with E-state index in [-0.39, 0.29) is 17.2 Å². The Hall–Kier alpha value is -2.63. The molecule has 2 rings (SSSR count). The molecule has 0 fully saturated rings. The van der Waals surface area contributed by atoms with Crippen LogP contribution < -0.4 is 16.2 Å². The van der Waals surface area contributed by atoms with Gasteiger partial charge in [-0.2, -0.15) is 4.98 Å². The second-order valence-electron chi connectivity index (χ2n) is 5.87. The van der Waals surface area contributed by atoms with Gasteiger partial charge in [-0.25, -0.2) is 0 Å². The zero-order valence-corrected chi connectivity index (χ0v) is 13.7. The average molecular weight is 313 g/mol. The topological polar surface area (TPSA) is 93.7 Å². The van der Waals surface area contributed by atoms with E-state index >= 15 is 0 Å². The number of rotatable bonds is 7. The highest BCUT2D eigenvalue weighted by Gasteiger charge is 2.12. The molecule has 4 N–H and O–H groups in total. The van der Waals surface area contributed by atoms with E-state index in [1.165, 1.54) is 0 Å². The second kappa shape index (κ2) is 7.58.